The zero-order chi connectivity index (χ0) is 23.9. The van der Waals surface area contributed by atoms with Gasteiger partial charge in [-0.3, -0.25) is 14.5 Å². The molecular formula is C26H25N7O2. The van der Waals surface area contributed by atoms with Crippen LogP contribution in [0.5, 0.6) is 0 Å². The van der Waals surface area contributed by atoms with Crippen molar-refractivity contribution in [3.63, 3.8) is 0 Å². The first-order valence-corrected chi connectivity index (χ1v) is 11.9. The molecule has 3 heterocycles. The van der Waals surface area contributed by atoms with Crippen molar-refractivity contribution in [2.24, 2.45) is 0 Å². The number of anilines is 1. The smallest absolute Gasteiger partial charge is 0.270 e. The number of nitrogens with zero attached hydrogens (tertiary/aromatic N) is 6. The molecular weight excluding hydrogens is 442 g/mol. The van der Waals surface area contributed by atoms with Gasteiger partial charge in [-0.2, -0.15) is 5.10 Å². The van der Waals surface area contributed by atoms with E-state index in [0.29, 0.717) is 17.3 Å². The molecule has 5 aromatic rings. The Morgan fingerprint density at radius 2 is 1.83 bits per heavy atom. The number of benzene rings is 2. The van der Waals surface area contributed by atoms with E-state index in [1.807, 2.05) is 52.4 Å². The molecule has 9 nitrogen and oxygen atoms in total. The number of nitro benzene ring substituents is 1. The Labute approximate surface area is 201 Å². The van der Waals surface area contributed by atoms with E-state index in [-0.39, 0.29) is 10.6 Å². The van der Waals surface area contributed by atoms with E-state index >= 15 is 0 Å². The van der Waals surface area contributed by atoms with Gasteiger partial charge in [0.05, 0.1) is 21.7 Å². The highest BCUT2D eigenvalue weighted by Gasteiger charge is 2.24. The van der Waals surface area contributed by atoms with Crippen LogP contribution in [0.1, 0.15) is 37.8 Å². The molecule has 3 aromatic heterocycles. The van der Waals surface area contributed by atoms with Crippen molar-refractivity contribution in [2.45, 2.75) is 45.1 Å². The van der Waals surface area contributed by atoms with E-state index < -0.39 is 0 Å². The largest absolute Gasteiger partial charge is 0.367 e. The fourth-order valence-corrected chi connectivity index (χ4v) is 5.03. The fraction of sp³-hybridized carbons (Fsp3) is 0.269. The molecule has 6 rings (SSSR count). The molecule has 0 spiro atoms. The predicted molar refractivity (Wildman–Crippen MR) is 135 cm³/mol. The normalized spacial score (nSPS) is 14.5. The standard InChI is InChI=1S/C26H25N7O2/c1-17-22-24(32(30-17)20-12-6-3-7-13-20)27-16-31-25(22)29-23(18-9-8-14-21(15-18)33(34)35)26(31)28-19-10-4-2-5-11-19/h3,6-9,12-16,19,28H,2,4-5,10-11H2,1H3. The summed E-state index contributed by atoms with van der Waals surface area (Å²) in [6, 6.07) is 16.9. The van der Waals surface area contributed by atoms with Gasteiger partial charge in [0.2, 0.25) is 0 Å². The van der Waals surface area contributed by atoms with Crippen molar-refractivity contribution in [2.75, 3.05) is 5.32 Å². The molecule has 0 atom stereocenters. The predicted octanol–water partition coefficient (Wildman–Crippen LogP) is 5.70. The van der Waals surface area contributed by atoms with Crippen LogP contribution >= 0.6 is 0 Å². The third-order valence-electron chi connectivity index (χ3n) is 6.74. The summed E-state index contributed by atoms with van der Waals surface area (Å²) in [6.45, 7) is 1.96. The van der Waals surface area contributed by atoms with E-state index in [0.717, 1.165) is 46.7 Å². The van der Waals surface area contributed by atoms with Crippen LogP contribution in [0.25, 0.3) is 33.6 Å². The first-order valence-electron chi connectivity index (χ1n) is 11.9. The lowest BCUT2D eigenvalue weighted by Crippen LogP contribution is -2.23. The van der Waals surface area contributed by atoms with Crippen LogP contribution in [-0.4, -0.2) is 35.1 Å². The molecule has 1 saturated carbocycles. The monoisotopic (exact) mass is 467 g/mol. The number of non-ortho nitro benzene ring substituents is 1. The second kappa shape index (κ2) is 8.50. The Balaban J connectivity index is 1.58. The molecule has 0 aliphatic heterocycles. The Morgan fingerprint density at radius 3 is 2.60 bits per heavy atom. The summed E-state index contributed by atoms with van der Waals surface area (Å²) in [7, 11) is 0. The van der Waals surface area contributed by atoms with E-state index in [9.17, 15) is 10.1 Å². The van der Waals surface area contributed by atoms with Crippen molar-refractivity contribution >= 4 is 28.2 Å². The number of nitrogens with one attached hydrogen (secondary N) is 1. The molecule has 35 heavy (non-hydrogen) atoms. The summed E-state index contributed by atoms with van der Waals surface area (Å²) in [4.78, 5) is 20.9. The summed E-state index contributed by atoms with van der Waals surface area (Å²) < 4.78 is 3.80. The second-order valence-corrected chi connectivity index (χ2v) is 9.07. The van der Waals surface area contributed by atoms with Gasteiger partial charge >= 0.3 is 0 Å². The van der Waals surface area contributed by atoms with E-state index in [4.69, 9.17) is 15.1 Å². The molecule has 0 saturated heterocycles. The second-order valence-electron chi connectivity index (χ2n) is 9.07. The van der Waals surface area contributed by atoms with E-state index in [1.165, 1.54) is 25.3 Å². The van der Waals surface area contributed by atoms with Gasteiger partial charge in [-0.15, -0.1) is 0 Å². The number of fused-ring (bicyclic) bond motifs is 3. The van der Waals surface area contributed by atoms with Gasteiger partial charge in [-0.05, 0) is 31.9 Å². The van der Waals surface area contributed by atoms with Gasteiger partial charge in [0.25, 0.3) is 5.69 Å². The summed E-state index contributed by atoms with van der Waals surface area (Å²) in [5.41, 5.74) is 4.62. The van der Waals surface area contributed by atoms with E-state index in [2.05, 4.69) is 5.32 Å². The summed E-state index contributed by atoms with van der Waals surface area (Å²) in [6.07, 6.45) is 7.57. The van der Waals surface area contributed by atoms with Gasteiger partial charge in [-0.25, -0.2) is 14.6 Å². The summed E-state index contributed by atoms with van der Waals surface area (Å²) in [5.74, 6) is 0.814. The Hall–Kier alpha value is -4.27. The highest BCUT2D eigenvalue weighted by atomic mass is 16.6. The molecule has 1 aliphatic rings. The van der Waals surface area contributed by atoms with Gasteiger partial charge in [0.15, 0.2) is 11.3 Å². The number of imidazole rings is 1. The molecule has 2 aromatic carbocycles. The zero-order valence-electron chi connectivity index (χ0n) is 19.4. The molecule has 0 bridgehead atoms. The van der Waals surface area contributed by atoms with Crippen LogP contribution in [-0.2, 0) is 0 Å². The first kappa shape index (κ1) is 21.3. The van der Waals surface area contributed by atoms with Crippen molar-refractivity contribution in [1.82, 2.24) is 24.1 Å². The lowest BCUT2D eigenvalue weighted by Gasteiger charge is -2.24. The SMILES string of the molecule is Cc1nn(-c2ccccc2)c2ncn3c(NC4CCCCC4)c(-c4cccc([N+](=O)[O-])c4)nc3c12. The molecule has 1 N–H and O–H groups in total. The minimum Gasteiger partial charge on any atom is -0.367 e. The van der Waals surface area contributed by atoms with Gasteiger partial charge in [-0.1, -0.05) is 49.6 Å². The quantitative estimate of drug-likeness (QED) is 0.263. The van der Waals surface area contributed by atoms with Gasteiger partial charge < -0.3 is 5.32 Å². The first-order chi connectivity index (χ1) is 17.1. The topological polar surface area (TPSA) is 103 Å². The Bertz CT molecular complexity index is 1550. The maximum Gasteiger partial charge on any atom is 0.270 e. The van der Waals surface area contributed by atoms with E-state index in [1.54, 1.807) is 18.5 Å². The minimum absolute atomic E-state index is 0.0412. The van der Waals surface area contributed by atoms with Crippen molar-refractivity contribution in [3.05, 3.63) is 76.7 Å². The number of para-hydroxylation sites is 1. The van der Waals surface area contributed by atoms with Crippen LogP contribution in [0, 0.1) is 17.0 Å². The molecule has 1 aliphatic carbocycles. The van der Waals surface area contributed by atoms with Gasteiger partial charge in [0.1, 0.15) is 17.8 Å². The molecule has 0 amide bonds. The van der Waals surface area contributed by atoms with Crippen molar-refractivity contribution in [3.8, 4) is 16.9 Å². The fourth-order valence-electron chi connectivity index (χ4n) is 5.03. The average Bonchev–Trinajstić information content (AvgIpc) is 3.43. The lowest BCUT2D eigenvalue weighted by atomic mass is 9.95. The van der Waals surface area contributed by atoms with Crippen molar-refractivity contribution in [1.29, 1.82) is 0 Å². The van der Waals surface area contributed by atoms with Crippen LogP contribution in [0.15, 0.2) is 60.9 Å². The maximum atomic E-state index is 11.5. The van der Waals surface area contributed by atoms with Gasteiger partial charge in [0, 0.05) is 23.7 Å². The van der Waals surface area contributed by atoms with Crippen LogP contribution in [0.4, 0.5) is 11.5 Å². The third kappa shape index (κ3) is 3.69. The van der Waals surface area contributed by atoms with Crippen molar-refractivity contribution < 1.29 is 4.92 Å². The Morgan fingerprint density at radius 1 is 1.03 bits per heavy atom. The summed E-state index contributed by atoms with van der Waals surface area (Å²) in [5, 5.41) is 20.8. The highest BCUT2D eigenvalue weighted by molar-refractivity contribution is 5.95. The van der Waals surface area contributed by atoms with Crippen LogP contribution < -0.4 is 5.32 Å². The number of hydrogen-bond acceptors (Lipinski definition) is 6. The minimum atomic E-state index is -0.374. The third-order valence-corrected chi connectivity index (χ3v) is 6.74. The Kier molecular flexibility index (Phi) is 5.17. The molecule has 0 unspecified atom stereocenters. The lowest BCUT2D eigenvalue weighted by molar-refractivity contribution is -0.384. The molecule has 1 fully saturated rings. The van der Waals surface area contributed by atoms with Crippen LogP contribution in [0.3, 0.4) is 0 Å². The summed E-state index contributed by atoms with van der Waals surface area (Å²) >= 11 is 0. The van der Waals surface area contributed by atoms with Crippen LogP contribution in [0.2, 0.25) is 0 Å². The highest BCUT2D eigenvalue weighted by Crippen LogP contribution is 2.35. The number of hydrogen-bond donors (Lipinski definition) is 1. The number of rotatable bonds is 5. The number of aromatic nitrogens is 5. The molecule has 9 heteroatoms. The number of aryl methyl sites for hydroxylation is 1. The number of nitro groups is 1. The average molecular weight is 468 g/mol. The molecule has 176 valence electrons. The zero-order valence-corrected chi connectivity index (χ0v) is 19.4. The molecule has 0 radical (unpaired) electrons. The maximum absolute atomic E-state index is 11.5.